The van der Waals surface area contributed by atoms with Crippen LogP contribution in [0, 0.1) is 11.8 Å². The summed E-state index contributed by atoms with van der Waals surface area (Å²) in [5.74, 6) is 1.10. The first kappa shape index (κ1) is 18.2. The van der Waals surface area contributed by atoms with E-state index in [1.165, 1.54) is 32.1 Å². The van der Waals surface area contributed by atoms with Gasteiger partial charge in [-0.3, -0.25) is 4.90 Å². The fourth-order valence-corrected chi connectivity index (χ4v) is 6.44. The third-order valence-electron chi connectivity index (χ3n) is 7.35. The first-order chi connectivity index (χ1) is 10.9. The van der Waals surface area contributed by atoms with E-state index in [2.05, 4.69) is 43.1 Å². The second-order valence-electron chi connectivity index (χ2n) is 8.87. The first-order valence-electron chi connectivity index (χ1n) is 9.41. The highest BCUT2D eigenvalue weighted by Gasteiger charge is 2.61. The minimum atomic E-state index is -0.570. The summed E-state index contributed by atoms with van der Waals surface area (Å²) < 4.78 is 0. The van der Waals surface area contributed by atoms with E-state index in [0.717, 1.165) is 0 Å². The summed E-state index contributed by atoms with van der Waals surface area (Å²) in [4.78, 5) is 2.63. The highest BCUT2D eigenvalue weighted by molar-refractivity contribution is 5.85. The van der Waals surface area contributed by atoms with Gasteiger partial charge in [0.2, 0.25) is 0 Å². The van der Waals surface area contributed by atoms with Crippen LogP contribution in [0.4, 0.5) is 0 Å². The number of fused-ring (bicyclic) bond motifs is 2. The average Bonchev–Trinajstić information content (AvgIpc) is 2.50. The van der Waals surface area contributed by atoms with Crippen molar-refractivity contribution in [3.63, 3.8) is 0 Å². The van der Waals surface area contributed by atoms with E-state index in [0.29, 0.717) is 29.3 Å². The van der Waals surface area contributed by atoms with Gasteiger partial charge in [-0.1, -0.05) is 37.6 Å². The van der Waals surface area contributed by atoms with Gasteiger partial charge in [-0.15, -0.1) is 12.4 Å². The van der Waals surface area contributed by atoms with Gasteiger partial charge in [-0.25, -0.2) is 0 Å². The fraction of sp³-hybridized carbons (Fsp3) is 0.714. The molecule has 1 aromatic carbocycles. The number of aliphatic hydroxyl groups is 1. The monoisotopic (exact) mass is 349 g/mol. The van der Waals surface area contributed by atoms with Crippen molar-refractivity contribution in [2.24, 2.45) is 11.8 Å². The Labute approximate surface area is 153 Å². The zero-order valence-corrected chi connectivity index (χ0v) is 16.3. The van der Waals surface area contributed by atoms with Gasteiger partial charge in [-0.2, -0.15) is 0 Å². The molecule has 2 heterocycles. The van der Waals surface area contributed by atoms with E-state index in [1.54, 1.807) is 11.1 Å². The largest absolute Gasteiger partial charge is 0.390 e. The van der Waals surface area contributed by atoms with Crippen molar-refractivity contribution in [1.29, 1.82) is 0 Å². The molecule has 4 bridgehead atoms. The van der Waals surface area contributed by atoms with Gasteiger partial charge in [0.15, 0.2) is 0 Å². The molecule has 3 unspecified atom stereocenters. The smallest absolute Gasteiger partial charge is 0.0634 e. The van der Waals surface area contributed by atoms with Crippen molar-refractivity contribution in [2.75, 3.05) is 7.05 Å². The van der Waals surface area contributed by atoms with Crippen LogP contribution in [0.1, 0.15) is 57.6 Å². The van der Waals surface area contributed by atoms with Gasteiger partial charge < -0.3 is 5.11 Å². The molecule has 2 aliphatic heterocycles. The molecule has 5 atom stereocenters. The minimum Gasteiger partial charge on any atom is -0.390 e. The van der Waals surface area contributed by atoms with Crippen molar-refractivity contribution in [3.8, 4) is 0 Å². The van der Waals surface area contributed by atoms with E-state index < -0.39 is 5.60 Å². The molecular weight excluding hydrogens is 318 g/mol. The third-order valence-corrected chi connectivity index (χ3v) is 7.35. The van der Waals surface area contributed by atoms with Crippen molar-refractivity contribution in [3.05, 3.63) is 35.4 Å². The van der Waals surface area contributed by atoms with E-state index in [4.69, 9.17) is 0 Å². The maximum Gasteiger partial charge on any atom is 0.0634 e. The number of hydrogen-bond acceptors (Lipinski definition) is 2. The Morgan fingerprint density at radius 3 is 2.62 bits per heavy atom. The Hall–Kier alpha value is -0.570. The molecule has 3 fully saturated rings. The molecule has 0 spiro atoms. The van der Waals surface area contributed by atoms with E-state index >= 15 is 0 Å². The lowest BCUT2D eigenvalue weighted by molar-refractivity contribution is -0.149. The average molecular weight is 350 g/mol. The summed E-state index contributed by atoms with van der Waals surface area (Å²) in [5, 5.41) is 10.7. The van der Waals surface area contributed by atoms with E-state index in [-0.39, 0.29) is 12.4 Å². The molecule has 2 saturated heterocycles. The van der Waals surface area contributed by atoms with Crippen LogP contribution in [-0.2, 0) is 11.8 Å². The molecular formula is C21H32ClNO. The lowest BCUT2D eigenvalue weighted by Crippen LogP contribution is -2.70. The molecule has 4 aliphatic rings. The summed E-state index contributed by atoms with van der Waals surface area (Å²) in [6.07, 6.45) is 6.16. The van der Waals surface area contributed by atoms with Crippen molar-refractivity contribution in [2.45, 2.75) is 76.0 Å². The number of nitrogens with zero attached hydrogens (tertiary/aromatic N) is 1. The van der Waals surface area contributed by atoms with Crippen molar-refractivity contribution < 1.29 is 5.11 Å². The zero-order chi connectivity index (χ0) is 16.4. The molecule has 24 heavy (non-hydrogen) atoms. The predicted molar refractivity (Wildman–Crippen MR) is 102 cm³/mol. The zero-order valence-electron chi connectivity index (χ0n) is 15.5. The Morgan fingerprint density at radius 1 is 1.25 bits per heavy atom. The standard InChI is InChI=1S/C21H31NO.ClH/c1-5-10-21-13-19-16(20(2,3)23)12-17(21)18(22(19)4)11-14-8-6-7-9-15(14)21;/h6-9,16-19,23H,5,10-13H2,1-4H3;1H/t16-,17?,18?,19?,21+;/m0./s1. The highest BCUT2D eigenvalue weighted by Crippen LogP contribution is 2.61. The fourth-order valence-electron chi connectivity index (χ4n) is 6.44. The molecule has 1 aromatic rings. The van der Waals surface area contributed by atoms with Crippen LogP contribution in [0.3, 0.4) is 0 Å². The molecule has 0 amide bonds. The van der Waals surface area contributed by atoms with Crippen LogP contribution in [0.25, 0.3) is 0 Å². The van der Waals surface area contributed by atoms with Gasteiger partial charge in [0.05, 0.1) is 5.60 Å². The predicted octanol–water partition coefficient (Wildman–Crippen LogP) is 4.18. The molecule has 5 rings (SSSR count). The van der Waals surface area contributed by atoms with Crippen molar-refractivity contribution >= 4 is 12.4 Å². The number of halogens is 1. The SMILES string of the molecule is CCC[C@]12CC3[C@@H](C(C)(C)O)CC1C(Cc1ccccc12)N3C.Cl. The summed E-state index contributed by atoms with van der Waals surface area (Å²) in [6.45, 7) is 6.37. The molecule has 0 radical (unpaired) electrons. The molecule has 2 aliphatic carbocycles. The van der Waals surface area contributed by atoms with Crippen molar-refractivity contribution in [1.82, 2.24) is 4.90 Å². The molecule has 2 nitrogen and oxygen atoms in total. The second kappa shape index (κ2) is 6.00. The number of hydrogen-bond donors (Lipinski definition) is 1. The van der Waals surface area contributed by atoms with Gasteiger partial charge in [0.1, 0.15) is 0 Å². The minimum absolute atomic E-state index is 0. The Bertz CT molecular complexity index is 610. The van der Waals surface area contributed by atoms with E-state index in [9.17, 15) is 5.11 Å². The van der Waals surface area contributed by atoms with Gasteiger partial charge in [-0.05, 0) is 63.6 Å². The number of likely N-dealkylation sites (N-methyl/N-ethyl adjacent to an activating group) is 1. The highest BCUT2D eigenvalue weighted by atomic mass is 35.5. The number of benzene rings is 1. The molecule has 0 aromatic heterocycles. The Morgan fingerprint density at radius 2 is 1.96 bits per heavy atom. The first-order valence-corrected chi connectivity index (χ1v) is 9.41. The molecule has 1 N–H and O–H groups in total. The molecule has 3 heteroatoms. The maximum atomic E-state index is 10.7. The lowest BCUT2D eigenvalue weighted by Gasteiger charge is -2.66. The summed E-state index contributed by atoms with van der Waals surface area (Å²) in [6, 6.07) is 10.4. The van der Waals surface area contributed by atoms with Crippen LogP contribution < -0.4 is 0 Å². The number of rotatable bonds is 3. The van der Waals surface area contributed by atoms with E-state index in [1.807, 2.05) is 13.8 Å². The maximum absolute atomic E-state index is 10.7. The molecule has 134 valence electrons. The quantitative estimate of drug-likeness (QED) is 0.884. The van der Waals surface area contributed by atoms with Gasteiger partial charge in [0, 0.05) is 23.4 Å². The van der Waals surface area contributed by atoms with Gasteiger partial charge >= 0.3 is 0 Å². The Kier molecular flexibility index (Phi) is 4.56. The van der Waals surface area contributed by atoms with Crippen LogP contribution >= 0.6 is 12.4 Å². The van der Waals surface area contributed by atoms with Gasteiger partial charge in [0.25, 0.3) is 0 Å². The van der Waals surface area contributed by atoms with Crippen LogP contribution in [-0.4, -0.2) is 34.7 Å². The molecule has 1 saturated carbocycles. The van der Waals surface area contributed by atoms with Crippen LogP contribution in [0.2, 0.25) is 0 Å². The topological polar surface area (TPSA) is 23.5 Å². The summed E-state index contributed by atoms with van der Waals surface area (Å²) in [5.41, 5.74) is 3.00. The summed E-state index contributed by atoms with van der Waals surface area (Å²) >= 11 is 0. The second-order valence-corrected chi connectivity index (χ2v) is 8.87. The van der Waals surface area contributed by atoms with Crippen LogP contribution in [0.15, 0.2) is 24.3 Å². The normalized spacial score (nSPS) is 37.7. The Balaban J connectivity index is 0.00000169. The third kappa shape index (κ3) is 2.37. The number of piperidine rings is 2. The lowest BCUT2D eigenvalue weighted by atomic mass is 9.46. The van der Waals surface area contributed by atoms with Crippen LogP contribution in [0.5, 0.6) is 0 Å². The summed E-state index contributed by atoms with van der Waals surface area (Å²) in [7, 11) is 2.31.